The maximum atomic E-state index is 13.2. The van der Waals surface area contributed by atoms with E-state index in [1.165, 1.54) is 31.7 Å². The number of hydrogen-bond donors (Lipinski definition) is 0. The zero-order chi connectivity index (χ0) is 18.7. The van der Waals surface area contributed by atoms with E-state index >= 15 is 0 Å². The predicted octanol–water partition coefficient (Wildman–Crippen LogP) is 3.23. The second kappa shape index (κ2) is 8.07. The number of methoxy groups -OCH3 is 1. The molecule has 1 saturated carbocycles. The predicted molar refractivity (Wildman–Crippen MR) is 97.9 cm³/mol. The zero-order valence-electron chi connectivity index (χ0n) is 14.6. The van der Waals surface area contributed by atoms with Crippen LogP contribution in [-0.4, -0.2) is 46.0 Å². The van der Waals surface area contributed by atoms with Crippen molar-refractivity contribution in [2.75, 3.05) is 12.9 Å². The Balaban J connectivity index is 1.91. The molecule has 3 rings (SSSR count). The second-order valence-electron chi connectivity index (χ2n) is 6.68. The third-order valence-electron chi connectivity index (χ3n) is 5.10. The van der Waals surface area contributed by atoms with Gasteiger partial charge < -0.3 is 9.64 Å². The number of ether oxygens (including phenoxy) is 1. The van der Waals surface area contributed by atoms with E-state index in [-0.39, 0.29) is 22.5 Å². The lowest BCUT2D eigenvalue weighted by atomic mass is 9.88. The molecule has 26 heavy (non-hydrogen) atoms. The molecule has 2 aliphatic rings. The van der Waals surface area contributed by atoms with E-state index in [1.54, 1.807) is 22.7 Å². The molecule has 1 amide bonds. The van der Waals surface area contributed by atoms with E-state index in [4.69, 9.17) is 4.74 Å². The SMILES string of the molecule is COC(=O)C1CSC(C2CCCCC2)N1C(=O)c1cccc([N+](=O)[O-])c1. The fourth-order valence-corrected chi connectivity index (χ4v) is 5.41. The summed E-state index contributed by atoms with van der Waals surface area (Å²) >= 11 is 1.61. The number of thioether (sulfide) groups is 1. The number of nitro benzene ring substituents is 1. The molecule has 0 radical (unpaired) electrons. The van der Waals surface area contributed by atoms with Crippen LogP contribution in [0, 0.1) is 16.0 Å². The lowest BCUT2D eigenvalue weighted by Crippen LogP contribution is -2.48. The lowest BCUT2D eigenvalue weighted by Gasteiger charge is -2.35. The topological polar surface area (TPSA) is 89.8 Å². The summed E-state index contributed by atoms with van der Waals surface area (Å²) in [7, 11) is 1.32. The highest BCUT2D eigenvalue weighted by Gasteiger charge is 2.45. The van der Waals surface area contributed by atoms with Gasteiger partial charge in [0.05, 0.1) is 17.4 Å². The van der Waals surface area contributed by atoms with Crippen molar-refractivity contribution in [1.29, 1.82) is 0 Å². The zero-order valence-corrected chi connectivity index (χ0v) is 15.4. The van der Waals surface area contributed by atoms with Crippen LogP contribution in [0.2, 0.25) is 0 Å². The average Bonchev–Trinajstić information content (AvgIpc) is 3.12. The highest BCUT2D eigenvalue weighted by atomic mass is 32.2. The van der Waals surface area contributed by atoms with E-state index < -0.39 is 16.9 Å². The van der Waals surface area contributed by atoms with Crippen LogP contribution in [0.25, 0.3) is 0 Å². The van der Waals surface area contributed by atoms with Crippen LogP contribution in [0.15, 0.2) is 24.3 Å². The van der Waals surface area contributed by atoms with Crippen LogP contribution < -0.4 is 0 Å². The quantitative estimate of drug-likeness (QED) is 0.454. The molecule has 2 unspecified atom stereocenters. The molecule has 7 nitrogen and oxygen atoms in total. The minimum atomic E-state index is -0.649. The summed E-state index contributed by atoms with van der Waals surface area (Å²) in [4.78, 5) is 37.5. The van der Waals surface area contributed by atoms with Gasteiger partial charge in [-0.2, -0.15) is 0 Å². The van der Waals surface area contributed by atoms with Crippen molar-refractivity contribution < 1.29 is 19.2 Å². The monoisotopic (exact) mass is 378 g/mol. The van der Waals surface area contributed by atoms with Gasteiger partial charge >= 0.3 is 5.97 Å². The number of nitro groups is 1. The maximum absolute atomic E-state index is 13.2. The Morgan fingerprint density at radius 3 is 2.65 bits per heavy atom. The lowest BCUT2D eigenvalue weighted by molar-refractivity contribution is -0.384. The van der Waals surface area contributed by atoms with Crippen LogP contribution in [0.3, 0.4) is 0 Å². The summed E-state index contributed by atoms with van der Waals surface area (Å²) in [6, 6.07) is 5.04. The summed E-state index contributed by atoms with van der Waals surface area (Å²) in [5, 5.41) is 10.9. The van der Waals surface area contributed by atoms with Crippen molar-refractivity contribution in [3.63, 3.8) is 0 Å². The Kier molecular flexibility index (Phi) is 5.80. The normalized spacial score (nSPS) is 23.7. The van der Waals surface area contributed by atoms with Gasteiger partial charge in [0.1, 0.15) is 6.04 Å². The smallest absolute Gasteiger partial charge is 0.329 e. The van der Waals surface area contributed by atoms with Crippen LogP contribution in [0.1, 0.15) is 42.5 Å². The van der Waals surface area contributed by atoms with Crippen molar-refractivity contribution in [1.82, 2.24) is 4.90 Å². The van der Waals surface area contributed by atoms with Gasteiger partial charge in [0.2, 0.25) is 0 Å². The van der Waals surface area contributed by atoms with E-state index in [2.05, 4.69) is 0 Å². The summed E-state index contributed by atoms with van der Waals surface area (Å²) in [5.74, 6) is 0.0550. The first kappa shape index (κ1) is 18.7. The third-order valence-corrected chi connectivity index (χ3v) is 6.56. The average molecular weight is 378 g/mol. The number of rotatable bonds is 4. The molecule has 8 heteroatoms. The summed E-state index contributed by atoms with van der Waals surface area (Å²) in [5.41, 5.74) is 0.1000. The molecule has 1 heterocycles. The number of carbonyl (C=O) groups is 2. The van der Waals surface area contributed by atoms with Crippen LogP contribution in [0.5, 0.6) is 0 Å². The number of benzene rings is 1. The molecule has 0 N–H and O–H groups in total. The summed E-state index contributed by atoms with van der Waals surface area (Å²) < 4.78 is 4.89. The minimum Gasteiger partial charge on any atom is -0.467 e. The van der Waals surface area contributed by atoms with Gasteiger partial charge in [0.15, 0.2) is 0 Å². The first-order valence-corrected chi connectivity index (χ1v) is 9.84. The Hall–Kier alpha value is -2.09. The number of esters is 1. The minimum absolute atomic E-state index is 0.0915. The Morgan fingerprint density at radius 1 is 1.27 bits per heavy atom. The maximum Gasteiger partial charge on any atom is 0.329 e. The highest BCUT2D eigenvalue weighted by Crippen LogP contribution is 2.41. The molecule has 2 atom stereocenters. The van der Waals surface area contributed by atoms with Gasteiger partial charge in [-0.3, -0.25) is 14.9 Å². The number of amides is 1. The van der Waals surface area contributed by atoms with Gasteiger partial charge in [0.25, 0.3) is 11.6 Å². The van der Waals surface area contributed by atoms with Gasteiger partial charge in [-0.25, -0.2) is 4.79 Å². The molecule has 1 aromatic carbocycles. The van der Waals surface area contributed by atoms with Crippen LogP contribution in [0.4, 0.5) is 5.69 Å². The number of hydrogen-bond acceptors (Lipinski definition) is 6. The Morgan fingerprint density at radius 2 is 2.00 bits per heavy atom. The van der Waals surface area contributed by atoms with Gasteiger partial charge in [-0.1, -0.05) is 25.3 Å². The van der Waals surface area contributed by atoms with Gasteiger partial charge in [0, 0.05) is 23.4 Å². The van der Waals surface area contributed by atoms with Crippen molar-refractivity contribution in [3.8, 4) is 0 Å². The second-order valence-corrected chi connectivity index (χ2v) is 7.83. The van der Waals surface area contributed by atoms with Crippen molar-refractivity contribution in [2.45, 2.75) is 43.5 Å². The summed E-state index contributed by atoms with van der Waals surface area (Å²) in [6.07, 6.45) is 5.52. The fourth-order valence-electron chi connectivity index (χ4n) is 3.79. The van der Waals surface area contributed by atoms with Gasteiger partial charge in [-0.05, 0) is 24.8 Å². The Labute approximate surface area is 156 Å². The molecule has 1 aliphatic heterocycles. The van der Waals surface area contributed by atoms with Crippen molar-refractivity contribution in [3.05, 3.63) is 39.9 Å². The fraction of sp³-hybridized carbons (Fsp3) is 0.556. The number of nitrogens with zero attached hydrogens (tertiary/aromatic N) is 2. The standard InChI is InChI=1S/C18H22N2O5S/c1-25-18(22)15-11-26-17(12-6-3-2-4-7-12)19(15)16(21)13-8-5-9-14(10-13)20(23)24/h5,8-10,12,15,17H,2-4,6-7,11H2,1H3. The van der Waals surface area contributed by atoms with E-state index in [0.717, 1.165) is 25.7 Å². The van der Waals surface area contributed by atoms with Crippen LogP contribution >= 0.6 is 11.8 Å². The van der Waals surface area contributed by atoms with E-state index in [0.29, 0.717) is 11.7 Å². The van der Waals surface area contributed by atoms with Gasteiger partial charge in [-0.15, -0.1) is 11.8 Å². The number of non-ortho nitro benzene ring substituents is 1. The molecule has 1 aromatic rings. The Bertz CT molecular complexity index is 705. The molecule has 1 aliphatic carbocycles. The molecule has 0 spiro atoms. The first-order valence-electron chi connectivity index (χ1n) is 8.79. The summed E-state index contributed by atoms with van der Waals surface area (Å²) in [6.45, 7) is 0. The number of carbonyl (C=O) groups excluding carboxylic acids is 2. The molecule has 140 valence electrons. The van der Waals surface area contributed by atoms with Crippen molar-refractivity contribution >= 4 is 29.3 Å². The molecular weight excluding hydrogens is 356 g/mol. The first-order chi connectivity index (χ1) is 12.5. The molecule has 0 aromatic heterocycles. The largest absolute Gasteiger partial charge is 0.467 e. The van der Waals surface area contributed by atoms with Crippen molar-refractivity contribution in [2.24, 2.45) is 5.92 Å². The molecule has 1 saturated heterocycles. The molecular formula is C18H22N2O5S. The third kappa shape index (κ3) is 3.70. The van der Waals surface area contributed by atoms with E-state index in [9.17, 15) is 19.7 Å². The molecule has 2 fully saturated rings. The highest BCUT2D eigenvalue weighted by molar-refractivity contribution is 8.00. The van der Waals surface area contributed by atoms with E-state index in [1.807, 2.05) is 0 Å². The molecule has 0 bridgehead atoms. The van der Waals surface area contributed by atoms with Crippen LogP contribution in [-0.2, 0) is 9.53 Å².